The van der Waals surface area contributed by atoms with Crippen molar-refractivity contribution in [2.75, 3.05) is 17.9 Å². The predicted octanol–water partition coefficient (Wildman–Crippen LogP) is 8.22. The van der Waals surface area contributed by atoms with Crippen molar-refractivity contribution >= 4 is 78.7 Å². The Balaban J connectivity index is 0.000000138. The van der Waals surface area contributed by atoms with Gasteiger partial charge in [0.2, 0.25) is 10.3 Å². The van der Waals surface area contributed by atoms with Gasteiger partial charge in [0.25, 0.3) is 0 Å². The second-order valence-electron chi connectivity index (χ2n) is 23.7. The van der Waals surface area contributed by atoms with E-state index in [1.807, 2.05) is 172 Å². The highest BCUT2D eigenvalue weighted by atomic mass is 32.2. The second-order valence-corrected chi connectivity index (χ2v) is 28.9. The molecule has 0 saturated carbocycles. The molecule has 4 aromatic heterocycles. The van der Waals surface area contributed by atoms with Crippen molar-refractivity contribution in [1.29, 1.82) is 0 Å². The minimum atomic E-state index is -1.79. The van der Waals surface area contributed by atoms with Gasteiger partial charge in [0.15, 0.2) is 28.7 Å². The number of aromatic nitrogens is 8. The molecule has 3 N–H and O–H groups in total. The molecule has 4 aromatic carbocycles. The highest BCUT2D eigenvalue weighted by Gasteiger charge is 2.58. The summed E-state index contributed by atoms with van der Waals surface area (Å²) in [5.41, 5.74) is 5.77. The Kier molecular flexibility index (Phi) is 19.0. The molecule has 18 nitrogen and oxygen atoms in total. The van der Waals surface area contributed by atoms with Crippen LogP contribution in [-0.4, -0.2) is 117 Å². The Hall–Kier alpha value is -5.77. The average Bonchev–Trinajstić information content (AvgIpc) is 3.62. The number of nitrogens with one attached hydrogen (secondary N) is 1. The lowest BCUT2D eigenvalue weighted by Crippen LogP contribution is -2.33. The molecule has 4 aliphatic rings. The molecule has 0 spiro atoms. The number of hydrogen-bond donors (Lipinski definition) is 2. The number of hydrazine groups is 1. The molecule has 0 unspecified atom stereocenters. The molecule has 0 aliphatic carbocycles. The first kappa shape index (κ1) is 60.8. The van der Waals surface area contributed by atoms with Crippen LogP contribution in [0.4, 0.5) is 5.82 Å². The highest BCUT2D eigenvalue weighted by Crippen LogP contribution is 2.49. The largest absolute Gasteiger partial charge is 0.376 e. The number of ether oxygens (including phenoxy) is 6. The van der Waals surface area contributed by atoms with Crippen molar-refractivity contribution in [3.8, 4) is 0 Å². The van der Waals surface area contributed by atoms with Gasteiger partial charge >= 0.3 is 17.4 Å². The lowest BCUT2D eigenvalue weighted by Gasteiger charge is -2.28. The SMILES string of the molecule is CSc1nc(NN)c2ncc([C@@H]3O[C@H](CC(C)(C)C)[C@H]4OC(C)(C)O[C@H]43)n2n1.CSc1ncc2ncc([C@@H]3O[C@H](CC(C)(C)C)[C@H]4OC(C)(C)O[C@H]43)n2n1.O=[Si](c1ccccc1)c1ccccc1.O=[Si](c1ccccc1)c1ccccc1. The minimum Gasteiger partial charge on any atom is -0.376 e. The summed E-state index contributed by atoms with van der Waals surface area (Å²) in [6.45, 7) is 21.0. The average molecular weight is 1180 g/mol. The second kappa shape index (κ2) is 25.6. The molecular formula is C60H74N10O8S2Si2. The first-order valence-electron chi connectivity index (χ1n) is 27.4. The van der Waals surface area contributed by atoms with Crippen molar-refractivity contribution in [3.05, 3.63) is 151 Å². The van der Waals surface area contributed by atoms with Crippen LogP contribution >= 0.6 is 23.5 Å². The first-order valence-corrected chi connectivity index (χ1v) is 32.6. The Labute approximate surface area is 491 Å². The zero-order valence-electron chi connectivity index (χ0n) is 48.5. The molecule has 4 fully saturated rings. The summed E-state index contributed by atoms with van der Waals surface area (Å²) in [6, 6.07) is 38.4. The maximum Gasteiger partial charge on any atom is 0.346 e. The van der Waals surface area contributed by atoms with E-state index in [0.717, 1.165) is 45.0 Å². The Morgan fingerprint density at radius 2 is 0.915 bits per heavy atom. The maximum atomic E-state index is 12.0. The van der Waals surface area contributed by atoms with Crippen molar-refractivity contribution in [1.82, 2.24) is 39.2 Å². The monoisotopic (exact) mass is 1180 g/mol. The van der Waals surface area contributed by atoms with E-state index in [1.165, 1.54) is 23.5 Å². The van der Waals surface area contributed by atoms with Crippen molar-refractivity contribution in [2.24, 2.45) is 16.7 Å². The molecule has 22 heteroatoms. The number of fused-ring (bicyclic) bond motifs is 4. The van der Waals surface area contributed by atoms with Crippen LogP contribution in [0.2, 0.25) is 0 Å². The standard InChI is InChI=1S/C18H28N6O3S.C18H26N4O3S.2C12H10OSi/c1-17(2,3)7-10-12-13(27-18(4,5)26-12)11(25-10)9-8-20-15-14(22-19)21-16(28-6)23-24(9)15;1-17(2,3)7-11-14-15(25-18(4,5)24-14)13(23-11)10-8-19-12-9-20-16(26-6)21-22(10)12;2*13-14(11-7-3-1-4-8-11)12-9-5-2-6-10-12/h8,10-13H,7,19H2,1-6H3,(H,21,22,23);8-9,11,13-15H,7H2,1-6H3;2*1-10H/t10-,11+,12-,13+;11-,13+,14-,15+;;/m11../s1. The number of anilines is 1. The van der Waals surface area contributed by atoms with Crippen LogP contribution in [-0.2, 0) is 37.3 Å². The van der Waals surface area contributed by atoms with Crippen LogP contribution in [0.25, 0.3) is 11.3 Å². The van der Waals surface area contributed by atoms with Gasteiger partial charge in [-0.05, 0) is 63.9 Å². The van der Waals surface area contributed by atoms with E-state index in [4.69, 9.17) is 34.3 Å². The molecule has 0 radical (unpaired) electrons. The molecular weight excluding hydrogens is 1110 g/mol. The fourth-order valence-corrected chi connectivity index (χ4v) is 13.7. The molecule has 8 atom stereocenters. The van der Waals surface area contributed by atoms with E-state index >= 15 is 0 Å². The van der Waals surface area contributed by atoms with E-state index < -0.39 is 28.9 Å². The van der Waals surface area contributed by atoms with E-state index in [0.29, 0.717) is 27.4 Å². The molecule has 12 rings (SSSR count). The number of thioether (sulfide) groups is 2. The summed E-state index contributed by atoms with van der Waals surface area (Å²) >= 11 is 2.93. The number of benzene rings is 4. The van der Waals surface area contributed by atoms with Gasteiger partial charge in [-0.15, -0.1) is 10.2 Å². The zero-order valence-corrected chi connectivity index (χ0v) is 52.2. The van der Waals surface area contributed by atoms with Gasteiger partial charge < -0.3 is 42.8 Å². The minimum absolute atomic E-state index is 0.0285. The van der Waals surface area contributed by atoms with Gasteiger partial charge in [-0.1, -0.05) is 186 Å². The number of imidazole rings is 2. The summed E-state index contributed by atoms with van der Waals surface area (Å²) < 4.78 is 65.4. The van der Waals surface area contributed by atoms with E-state index in [9.17, 15) is 8.92 Å². The predicted molar refractivity (Wildman–Crippen MR) is 321 cm³/mol. The molecule has 432 valence electrons. The summed E-state index contributed by atoms with van der Waals surface area (Å²) in [6.07, 6.45) is 9.56. The van der Waals surface area contributed by atoms with E-state index in [1.54, 1.807) is 16.9 Å². The van der Waals surface area contributed by atoms with Crippen LogP contribution in [0.1, 0.15) is 106 Å². The van der Waals surface area contributed by atoms with Crippen LogP contribution in [0.3, 0.4) is 0 Å². The number of rotatable bonds is 11. The number of nitrogens with zero attached hydrogens (tertiary/aromatic N) is 8. The molecule has 8 aromatic rings. The van der Waals surface area contributed by atoms with Gasteiger partial charge in [-0.2, -0.15) is 4.98 Å². The first-order chi connectivity index (χ1) is 39.0. The van der Waals surface area contributed by atoms with Gasteiger partial charge in [0.1, 0.15) is 36.6 Å². The van der Waals surface area contributed by atoms with Crippen molar-refractivity contribution in [2.45, 2.75) is 153 Å². The smallest absolute Gasteiger partial charge is 0.346 e. The summed E-state index contributed by atoms with van der Waals surface area (Å²) in [5, 5.41) is 14.1. The number of nitrogens with two attached hydrogens (primary N) is 1. The number of hydrogen-bond acceptors (Lipinski definition) is 18. The quantitative estimate of drug-likeness (QED) is 0.0540. The van der Waals surface area contributed by atoms with Gasteiger partial charge in [0.05, 0.1) is 42.2 Å². The van der Waals surface area contributed by atoms with Crippen LogP contribution in [0.15, 0.2) is 150 Å². The number of nitrogen functional groups attached to an aromatic ring is 1. The normalized spacial score (nSPS) is 23.1. The fraction of sp³-hybridized carbons (Fsp3) is 0.433. The third-order valence-corrected chi connectivity index (χ3v) is 18.3. The van der Waals surface area contributed by atoms with E-state index in [-0.39, 0.29) is 59.7 Å². The Morgan fingerprint density at radius 1 is 0.537 bits per heavy atom. The fourth-order valence-electron chi connectivity index (χ4n) is 10.4. The van der Waals surface area contributed by atoms with Crippen molar-refractivity contribution < 1.29 is 37.3 Å². The molecule has 4 saturated heterocycles. The lowest BCUT2D eigenvalue weighted by atomic mass is 9.87. The topological polar surface area (TPSA) is 214 Å². The molecule has 82 heavy (non-hydrogen) atoms. The molecule has 0 bridgehead atoms. The Morgan fingerprint density at radius 3 is 1.30 bits per heavy atom. The van der Waals surface area contributed by atoms with Crippen LogP contribution in [0, 0.1) is 10.8 Å². The van der Waals surface area contributed by atoms with Crippen LogP contribution in [0.5, 0.6) is 0 Å². The van der Waals surface area contributed by atoms with Gasteiger partial charge in [0, 0.05) is 20.7 Å². The molecule has 0 amide bonds. The third-order valence-electron chi connectivity index (χ3n) is 13.8. The van der Waals surface area contributed by atoms with E-state index in [2.05, 4.69) is 77.1 Å². The molecule has 4 aliphatic heterocycles. The van der Waals surface area contributed by atoms with Gasteiger partial charge in [-0.25, -0.2) is 29.8 Å². The Bertz CT molecular complexity index is 3270. The zero-order chi connectivity index (χ0) is 58.6. The summed E-state index contributed by atoms with van der Waals surface area (Å²) in [4.78, 5) is 17.6. The maximum absolute atomic E-state index is 12.0. The van der Waals surface area contributed by atoms with Gasteiger partial charge in [-0.3, -0.25) is 0 Å². The summed E-state index contributed by atoms with van der Waals surface area (Å²) in [7, 11) is -3.59. The summed E-state index contributed by atoms with van der Waals surface area (Å²) in [5.74, 6) is 4.83. The van der Waals surface area contributed by atoms with Crippen LogP contribution < -0.4 is 32.0 Å². The third kappa shape index (κ3) is 14.6. The highest BCUT2D eigenvalue weighted by molar-refractivity contribution is 7.98. The van der Waals surface area contributed by atoms with Crippen molar-refractivity contribution in [3.63, 3.8) is 0 Å². The lowest BCUT2D eigenvalue weighted by molar-refractivity contribution is -0.191. The molecule has 8 heterocycles.